The lowest BCUT2D eigenvalue weighted by Gasteiger charge is -2.36. The van der Waals surface area contributed by atoms with E-state index >= 15 is 0 Å². The van der Waals surface area contributed by atoms with Crippen molar-refractivity contribution in [1.29, 1.82) is 0 Å². The maximum atomic E-state index is 14.3. The zero-order valence-electron chi connectivity index (χ0n) is 13.7. The summed E-state index contributed by atoms with van der Waals surface area (Å²) in [6, 6.07) is 2.06. The minimum atomic E-state index is -0.664. The van der Waals surface area contributed by atoms with Gasteiger partial charge in [-0.05, 0) is 25.0 Å². The van der Waals surface area contributed by atoms with Crippen LogP contribution in [0.4, 0.5) is 8.78 Å². The minimum Gasteiger partial charge on any atom is -0.469 e. The summed E-state index contributed by atoms with van der Waals surface area (Å²) in [7, 11) is 1.31. The molecule has 0 radical (unpaired) electrons. The molecule has 0 saturated carbocycles. The number of carbonyl (C=O) groups excluding carboxylic acids is 2. The molecule has 1 unspecified atom stereocenters. The number of nitrogens with one attached hydrogen (secondary N) is 1. The number of hydrogen-bond acceptors (Lipinski definition) is 3. The van der Waals surface area contributed by atoms with Crippen LogP contribution >= 0.6 is 0 Å². The predicted octanol–water partition coefficient (Wildman–Crippen LogP) is 4.02. The standard InChI is InChI=1S/C18H19F2NO3/c1-3-7-18(9-13(23)24-2)8-6-12(22)15-14-10(19)4-5-11(20)16(14)21-17(15)18/h4-5,21H,3,6-9H2,1-2H3. The Balaban J connectivity index is 2.30. The first-order valence-corrected chi connectivity index (χ1v) is 8.03. The Bertz CT molecular complexity index is 827. The van der Waals surface area contributed by atoms with Crippen LogP contribution in [0.25, 0.3) is 10.9 Å². The lowest BCUT2D eigenvalue weighted by atomic mass is 9.68. The van der Waals surface area contributed by atoms with Gasteiger partial charge in [0.1, 0.15) is 11.6 Å². The Morgan fingerprint density at radius 1 is 1.33 bits per heavy atom. The molecule has 3 rings (SSSR count). The summed E-state index contributed by atoms with van der Waals surface area (Å²) in [6.07, 6.45) is 2.13. The Labute approximate surface area is 138 Å². The highest BCUT2D eigenvalue weighted by Gasteiger charge is 2.43. The highest BCUT2D eigenvalue weighted by atomic mass is 19.1. The molecule has 0 fully saturated rings. The zero-order chi connectivity index (χ0) is 17.5. The number of benzene rings is 1. The first-order chi connectivity index (χ1) is 11.4. The fraction of sp³-hybridized carbons (Fsp3) is 0.444. The topological polar surface area (TPSA) is 59.2 Å². The van der Waals surface area contributed by atoms with Crippen LogP contribution in [-0.4, -0.2) is 23.8 Å². The number of hydrogen-bond donors (Lipinski definition) is 1. The van der Waals surface area contributed by atoms with Crippen LogP contribution < -0.4 is 0 Å². The van der Waals surface area contributed by atoms with Crippen molar-refractivity contribution in [3.63, 3.8) is 0 Å². The molecule has 0 aliphatic heterocycles. The van der Waals surface area contributed by atoms with E-state index < -0.39 is 23.0 Å². The Morgan fingerprint density at radius 3 is 2.71 bits per heavy atom. The van der Waals surface area contributed by atoms with Gasteiger partial charge in [0.25, 0.3) is 0 Å². The predicted molar refractivity (Wildman–Crippen MR) is 85.0 cm³/mol. The second-order valence-corrected chi connectivity index (χ2v) is 6.36. The normalized spacial score (nSPS) is 20.2. The maximum Gasteiger partial charge on any atom is 0.306 e. The van der Waals surface area contributed by atoms with Gasteiger partial charge in [0.15, 0.2) is 5.78 Å². The van der Waals surface area contributed by atoms with Crippen molar-refractivity contribution in [2.24, 2.45) is 0 Å². The second kappa shape index (κ2) is 6.00. The van der Waals surface area contributed by atoms with Gasteiger partial charge in [0, 0.05) is 28.5 Å². The van der Waals surface area contributed by atoms with Crippen LogP contribution in [0, 0.1) is 11.6 Å². The molecule has 2 aromatic rings. The zero-order valence-corrected chi connectivity index (χ0v) is 13.7. The third-order valence-corrected chi connectivity index (χ3v) is 4.93. The van der Waals surface area contributed by atoms with E-state index in [-0.39, 0.29) is 35.1 Å². The lowest BCUT2D eigenvalue weighted by molar-refractivity contribution is -0.142. The quantitative estimate of drug-likeness (QED) is 0.859. The van der Waals surface area contributed by atoms with Crippen molar-refractivity contribution in [2.75, 3.05) is 7.11 Å². The number of rotatable bonds is 4. The van der Waals surface area contributed by atoms with Gasteiger partial charge in [-0.3, -0.25) is 9.59 Å². The van der Waals surface area contributed by atoms with Crippen LogP contribution in [0.1, 0.15) is 55.1 Å². The molecule has 1 aromatic carbocycles. The Morgan fingerprint density at radius 2 is 2.04 bits per heavy atom. The number of ketones is 1. The van der Waals surface area contributed by atoms with Crippen molar-refractivity contribution in [3.8, 4) is 0 Å². The Hall–Kier alpha value is -2.24. The van der Waals surface area contributed by atoms with E-state index in [0.717, 1.165) is 18.6 Å². The minimum absolute atomic E-state index is 0.0133. The first kappa shape index (κ1) is 16.6. The number of halogens is 2. The summed E-state index contributed by atoms with van der Waals surface area (Å²) in [5, 5.41) is -0.0138. The summed E-state index contributed by atoms with van der Waals surface area (Å²) >= 11 is 0. The molecular weight excluding hydrogens is 316 g/mol. The number of aromatic amines is 1. The summed E-state index contributed by atoms with van der Waals surface area (Å²) in [5.74, 6) is -1.87. The fourth-order valence-corrected chi connectivity index (χ4v) is 3.85. The third-order valence-electron chi connectivity index (χ3n) is 4.93. The van der Waals surface area contributed by atoms with Crippen LogP contribution in [-0.2, 0) is 14.9 Å². The number of esters is 1. The number of carbonyl (C=O) groups is 2. The molecule has 0 bridgehead atoms. The summed E-state index contributed by atoms with van der Waals surface area (Å²) in [5.41, 5.74) is -0.0283. The van der Waals surface area contributed by atoms with Crippen LogP contribution in [0.5, 0.6) is 0 Å². The van der Waals surface area contributed by atoms with E-state index in [0.29, 0.717) is 18.5 Å². The largest absolute Gasteiger partial charge is 0.469 e. The monoisotopic (exact) mass is 335 g/mol. The van der Waals surface area contributed by atoms with Gasteiger partial charge in [-0.2, -0.15) is 0 Å². The van der Waals surface area contributed by atoms with E-state index in [9.17, 15) is 18.4 Å². The number of methoxy groups -OCH3 is 1. The SMILES string of the molecule is CCCC1(CC(=O)OC)CCC(=O)c2c1[nH]c1c(F)ccc(F)c21. The van der Waals surface area contributed by atoms with Crippen LogP contribution in [0.15, 0.2) is 12.1 Å². The summed E-state index contributed by atoms with van der Waals surface area (Å²) < 4.78 is 33.2. The molecule has 1 aliphatic rings. The van der Waals surface area contributed by atoms with Gasteiger partial charge in [-0.25, -0.2) is 8.78 Å². The summed E-state index contributed by atoms with van der Waals surface area (Å²) in [6.45, 7) is 1.97. The van der Waals surface area contributed by atoms with E-state index in [1.807, 2.05) is 6.92 Å². The van der Waals surface area contributed by atoms with Crippen molar-refractivity contribution in [3.05, 3.63) is 35.0 Å². The molecule has 1 N–H and O–H groups in total. The molecule has 1 aliphatic carbocycles. The van der Waals surface area contributed by atoms with Gasteiger partial charge < -0.3 is 9.72 Å². The van der Waals surface area contributed by atoms with Gasteiger partial charge >= 0.3 is 5.97 Å². The van der Waals surface area contributed by atoms with Crippen molar-refractivity contribution in [1.82, 2.24) is 4.98 Å². The molecule has 1 aromatic heterocycles. The molecular formula is C18H19F2NO3. The smallest absolute Gasteiger partial charge is 0.306 e. The molecule has 1 heterocycles. The molecule has 1 atom stereocenters. The van der Waals surface area contributed by atoms with E-state index in [4.69, 9.17) is 4.74 Å². The molecule has 6 heteroatoms. The highest BCUT2D eigenvalue weighted by molar-refractivity contribution is 6.11. The number of H-pyrrole nitrogens is 1. The van der Waals surface area contributed by atoms with Gasteiger partial charge in [0.05, 0.1) is 19.0 Å². The average Bonchev–Trinajstić information content (AvgIpc) is 2.98. The molecule has 0 spiro atoms. The molecule has 0 amide bonds. The van der Waals surface area contributed by atoms with Crippen molar-refractivity contribution in [2.45, 2.75) is 44.4 Å². The molecule has 0 saturated heterocycles. The van der Waals surface area contributed by atoms with Gasteiger partial charge in [0.2, 0.25) is 0 Å². The van der Waals surface area contributed by atoms with Crippen LogP contribution in [0.3, 0.4) is 0 Å². The summed E-state index contributed by atoms with van der Waals surface area (Å²) in [4.78, 5) is 27.3. The van der Waals surface area contributed by atoms with Crippen LogP contribution in [0.2, 0.25) is 0 Å². The number of Topliss-reactive ketones (excluding diaryl/α,β-unsaturated/α-hetero) is 1. The number of ether oxygens (including phenoxy) is 1. The molecule has 4 nitrogen and oxygen atoms in total. The maximum absolute atomic E-state index is 14.3. The first-order valence-electron chi connectivity index (χ1n) is 8.03. The average molecular weight is 335 g/mol. The number of fused-ring (bicyclic) bond motifs is 3. The third kappa shape index (κ3) is 2.41. The highest BCUT2D eigenvalue weighted by Crippen LogP contribution is 2.46. The lowest BCUT2D eigenvalue weighted by Crippen LogP contribution is -2.36. The van der Waals surface area contributed by atoms with Gasteiger partial charge in [-0.1, -0.05) is 13.3 Å². The van der Waals surface area contributed by atoms with E-state index in [1.54, 1.807) is 0 Å². The van der Waals surface area contributed by atoms with Gasteiger partial charge in [-0.15, -0.1) is 0 Å². The molecule has 24 heavy (non-hydrogen) atoms. The molecule has 128 valence electrons. The van der Waals surface area contributed by atoms with Crippen molar-refractivity contribution >= 4 is 22.7 Å². The van der Waals surface area contributed by atoms with E-state index in [2.05, 4.69) is 4.98 Å². The number of aromatic nitrogens is 1. The fourth-order valence-electron chi connectivity index (χ4n) is 3.85. The Kier molecular flexibility index (Phi) is 4.15. The second-order valence-electron chi connectivity index (χ2n) is 6.36. The van der Waals surface area contributed by atoms with Crippen molar-refractivity contribution < 1.29 is 23.1 Å². The van der Waals surface area contributed by atoms with E-state index in [1.165, 1.54) is 7.11 Å².